The van der Waals surface area contributed by atoms with Crippen LogP contribution in [0.25, 0.3) is 22.0 Å². The second-order valence-corrected chi connectivity index (χ2v) is 4.48. The standard InChI is InChI=1S/C15H14N4/c1-10-2-3-12-9-13(5-4-11(12)8-10)14-6-7-17-15(18-14)19-16/h2-9H,16H2,1H3,(H,17,18,19). The molecule has 3 N–H and O–H groups in total. The van der Waals surface area contributed by atoms with E-state index in [1.54, 1.807) is 6.20 Å². The highest BCUT2D eigenvalue weighted by Crippen LogP contribution is 2.24. The lowest BCUT2D eigenvalue weighted by molar-refractivity contribution is 1.12. The van der Waals surface area contributed by atoms with E-state index >= 15 is 0 Å². The second kappa shape index (κ2) is 4.66. The average Bonchev–Trinajstić information content (AvgIpc) is 2.46. The Morgan fingerprint density at radius 1 is 1.00 bits per heavy atom. The van der Waals surface area contributed by atoms with E-state index in [4.69, 9.17) is 5.84 Å². The Morgan fingerprint density at radius 3 is 2.63 bits per heavy atom. The van der Waals surface area contributed by atoms with Gasteiger partial charge in [0.2, 0.25) is 5.95 Å². The number of aryl methyl sites for hydroxylation is 1. The SMILES string of the molecule is Cc1ccc2cc(-c3ccnc(NN)n3)ccc2c1. The van der Waals surface area contributed by atoms with Crippen molar-refractivity contribution in [3.05, 3.63) is 54.2 Å². The predicted octanol–water partition coefficient (Wildman–Crippen LogP) is 2.89. The smallest absolute Gasteiger partial charge is 0.237 e. The fourth-order valence-corrected chi connectivity index (χ4v) is 2.11. The van der Waals surface area contributed by atoms with E-state index < -0.39 is 0 Å². The third-order valence-corrected chi connectivity index (χ3v) is 3.08. The largest absolute Gasteiger partial charge is 0.292 e. The van der Waals surface area contributed by atoms with Gasteiger partial charge in [0.25, 0.3) is 0 Å². The molecule has 4 nitrogen and oxygen atoms in total. The van der Waals surface area contributed by atoms with Crippen LogP contribution in [-0.2, 0) is 0 Å². The molecule has 0 unspecified atom stereocenters. The Hall–Kier alpha value is -2.46. The normalized spacial score (nSPS) is 10.6. The average molecular weight is 250 g/mol. The Kier molecular flexibility index (Phi) is 2.85. The number of anilines is 1. The first-order valence-electron chi connectivity index (χ1n) is 6.07. The fourth-order valence-electron chi connectivity index (χ4n) is 2.11. The van der Waals surface area contributed by atoms with Crippen LogP contribution in [0.15, 0.2) is 48.7 Å². The highest BCUT2D eigenvalue weighted by molar-refractivity contribution is 5.87. The van der Waals surface area contributed by atoms with Crippen LogP contribution < -0.4 is 11.3 Å². The quantitative estimate of drug-likeness (QED) is 0.542. The topological polar surface area (TPSA) is 63.8 Å². The number of nitrogens with two attached hydrogens (primary N) is 1. The zero-order chi connectivity index (χ0) is 13.2. The molecule has 0 radical (unpaired) electrons. The fraction of sp³-hybridized carbons (Fsp3) is 0.0667. The molecule has 3 rings (SSSR count). The molecule has 0 aliphatic carbocycles. The number of hydrogen-bond acceptors (Lipinski definition) is 4. The van der Waals surface area contributed by atoms with Gasteiger partial charge in [0.15, 0.2) is 0 Å². The van der Waals surface area contributed by atoms with Gasteiger partial charge in [-0.25, -0.2) is 15.8 Å². The molecule has 1 heterocycles. The van der Waals surface area contributed by atoms with Gasteiger partial charge in [-0.1, -0.05) is 35.9 Å². The van der Waals surface area contributed by atoms with Crippen molar-refractivity contribution in [1.29, 1.82) is 0 Å². The first-order chi connectivity index (χ1) is 9.26. The molecular formula is C15H14N4. The van der Waals surface area contributed by atoms with Crippen LogP contribution in [0.1, 0.15) is 5.56 Å². The number of hydrogen-bond donors (Lipinski definition) is 2. The van der Waals surface area contributed by atoms with Crippen molar-refractivity contribution in [1.82, 2.24) is 9.97 Å². The number of rotatable bonds is 2. The predicted molar refractivity (Wildman–Crippen MR) is 77.5 cm³/mol. The molecule has 0 spiro atoms. The Balaban J connectivity index is 2.12. The molecular weight excluding hydrogens is 236 g/mol. The maximum Gasteiger partial charge on any atom is 0.237 e. The van der Waals surface area contributed by atoms with Gasteiger partial charge < -0.3 is 0 Å². The number of nitrogens with zero attached hydrogens (tertiary/aromatic N) is 2. The molecule has 0 saturated heterocycles. The van der Waals surface area contributed by atoms with Crippen LogP contribution in [0.2, 0.25) is 0 Å². The molecule has 0 fully saturated rings. The van der Waals surface area contributed by atoms with E-state index in [-0.39, 0.29) is 0 Å². The number of hydrazine groups is 1. The highest BCUT2D eigenvalue weighted by Gasteiger charge is 2.03. The van der Waals surface area contributed by atoms with E-state index in [0.29, 0.717) is 5.95 Å². The van der Waals surface area contributed by atoms with E-state index in [1.807, 2.05) is 6.07 Å². The van der Waals surface area contributed by atoms with Crippen molar-refractivity contribution in [2.75, 3.05) is 5.43 Å². The minimum atomic E-state index is 0.418. The molecule has 0 atom stereocenters. The van der Waals surface area contributed by atoms with Gasteiger partial charge >= 0.3 is 0 Å². The zero-order valence-corrected chi connectivity index (χ0v) is 10.6. The minimum absolute atomic E-state index is 0.418. The minimum Gasteiger partial charge on any atom is -0.292 e. The number of aromatic nitrogens is 2. The molecule has 2 aromatic carbocycles. The third kappa shape index (κ3) is 2.26. The van der Waals surface area contributed by atoms with Crippen molar-refractivity contribution in [3.8, 4) is 11.3 Å². The number of benzene rings is 2. The molecule has 0 saturated carbocycles. The number of fused-ring (bicyclic) bond motifs is 1. The number of nitrogens with one attached hydrogen (secondary N) is 1. The zero-order valence-electron chi connectivity index (χ0n) is 10.6. The summed E-state index contributed by atoms with van der Waals surface area (Å²) in [6.07, 6.45) is 1.69. The molecule has 0 aliphatic heterocycles. The summed E-state index contributed by atoms with van der Waals surface area (Å²) in [5, 5.41) is 2.43. The molecule has 0 aliphatic rings. The van der Waals surface area contributed by atoms with E-state index in [2.05, 4.69) is 58.7 Å². The molecule has 3 aromatic rings. The summed E-state index contributed by atoms with van der Waals surface area (Å²) < 4.78 is 0. The summed E-state index contributed by atoms with van der Waals surface area (Å²) in [5.41, 5.74) is 5.62. The second-order valence-electron chi connectivity index (χ2n) is 4.48. The summed E-state index contributed by atoms with van der Waals surface area (Å²) in [6.45, 7) is 2.09. The van der Waals surface area contributed by atoms with Gasteiger partial charge in [-0.3, -0.25) is 5.43 Å². The molecule has 0 amide bonds. The maximum atomic E-state index is 5.33. The van der Waals surface area contributed by atoms with Gasteiger partial charge in [-0.2, -0.15) is 0 Å². The van der Waals surface area contributed by atoms with Crippen molar-refractivity contribution in [2.24, 2.45) is 5.84 Å². The van der Waals surface area contributed by atoms with Crippen molar-refractivity contribution in [3.63, 3.8) is 0 Å². The lowest BCUT2D eigenvalue weighted by Gasteiger charge is -2.05. The van der Waals surface area contributed by atoms with Crippen LogP contribution in [0.5, 0.6) is 0 Å². The van der Waals surface area contributed by atoms with Crippen LogP contribution in [-0.4, -0.2) is 9.97 Å². The van der Waals surface area contributed by atoms with Crippen molar-refractivity contribution in [2.45, 2.75) is 6.92 Å². The third-order valence-electron chi connectivity index (χ3n) is 3.08. The lowest BCUT2D eigenvalue weighted by atomic mass is 10.0. The highest BCUT2D eigenvalue weighted by atomic mass is 15.3. The van der Waals surface area contributed by atoms with E-state index in [0.717, 1.165) is 11.3 Å². The summed E-state index contributed by atoms with van der Waals surface area (Å²) in [6, 6.07) is 14.6. The summed E-state index contributed by atoms with van der Waals surface area (Å²) in [7, 11) is 0. The molecule has 4 heteroatoms. The maximum absolute atomic E-state index is 5.33. The van der Waals surface area contributed by atoms with Crippen LogP contribution in [0.4, 0.5) is 5.95 Å². The van der Waals surface area contributed by atoms with Crippen LogP contribution in [0, 0.1) is 6.92 Å². The molecule has 1 aromatic heterocycles. The summed E-state index contributed by atoms with van der Waals surface area (Å²) in [5.74, 6) is 5.75. The lowest BCUT2D eigenvalue weighted by Crippen LogP contribution is -2.10. The van der Waals surface area contributed by atoms with E-state index in [9.17, 15) is 0 Å². The first-order valence-corrected chi connectivity index (χ1v) is 6.07. The Labute approximate surface area is 111 Å². The first kappa shape index (κ1) is 11.6. The van der Waals surface area contributed by atoms with Gasteiger partial charge in [0, 0.05) is 11.8 Å². The van der Waals surface area contributed by atoms with Gasteiger partial charge in [-0.15, -0.1) is 0 Å². The van der Waals surface area contributed by atoms with Crippen molar-refractivity contribution >= 4 is 16.7 Å². The van der Waals surface area contributed by atoms with Crippen LogP contribution in [0.3, 0.4) is 0 Å². The van der Waals surface area contributed by atoms with Gasteiger partial charge in [0.1, 0.15) is 0 Å². The summed E-state index contributed by atoms with van der Waals surface area (Å²) in [4.78, 5) is 8.35. The monoisotopic (exact) mass is 250 g/mol. The van der Waals surface area contributed by atoms with Crippen molar-refractivity contribution < 1.29 is 0 Å². The Morgan fingerprint density at radius 2 is 1.79 bits per heavy atom. The van der Waals surface area contributed by atoms with Crippen LogP contribution >= 0.6 is 0 Å². The molecule has 0 bridgehead atoms. The number of nitrogen functional groups attached to an aromatic ring is 1. The van der Waals surface area contributed by atoms with Gasteiger partial charge in [0.05, 0.1) is 5.69 Å². The van der Waals surface area contributed by atoms with E-state index in [1.165, 1.54) is 16.3 Å². The summed E-state index contributed by atoms with van der Waals surface area (Å²) >= 11 is 0. The Bertz CT molecular complexity index is 737. The van der Waals surface area contributed by atoms with Gasteiger partial charge in [-0.05, 0) is 29.8 Å². The molecule has 19 heavy (non-hydrogen) atoms. The molecule has 94 valence electrons.